The molecule has 2 atom stereocenters. The minimum absolute atomic E-state index is 0.463. The van der Waals surface area contributed by atoms with Crippen LogP contribution in [0.25, 0.3) is 0 Å². The van der Waals surface area contributed by atoms with Gasteiger partial charge in [-0.25, -0.2) is 0 Å². The number of hydrogen-bond acceptors (Lipinski definition) is 2. The fourth-order valence-corrected chi connectivity index (χ4v) is 1.08. The molecule has 0 aliphatic heterocycles. The number of aliphatic hydroxyl groups excluding tert-OH is 1. The van der Waals surface area contributed by atoms with Crippen LogP contribution in [0.5, 0.6) is 0 Å². The quantitative estimate of drug-likeness (QED) is 0.592. The van der Waals surface area contributed by atoms with Crippen LogP contribution in [0.15, 0.2) is 0 Å². The van der Waals surface area contributed by atoms with Gasteiger partial charge in [-0.15, -0.1) is 0 Å². The number of hydrogen-bond donors (Lipinski definition) is 1. The molecule has 0 aromatic rings. The zero-order valence-corrected chi connectivity index (χ0v) is 6.71. The molecule has 0 aliphatic carbocycles. The fraction of sp³-hybridized carbons (Fsp3) is 0.875. The molecule has 0 fully saturated rings. The topological polar surface area (TPSA) is 37.3 Å². The van der Waals surface area contributed by atoms with Crippen LogP contribution in [0, 0.1) is 5.92 Å². The zero-order chi connectivity index (χ0) is 7.98. The SMILES string of the molecule is CCCC(C)CC(O)C=O. The Labute approximate surface area is 62.2 Å². The Morgan fingerprint density at radius 3 is 2.60 bits per heavy atom. The highest BCUT2D eigenvalue weighted by Gasteiger charge is 2.07. The van der Waals surface area contributed by atoms with Crippen LogP contribution >= 0.6 is 0 Å². The van der Waals surface area contributed by atoms with Gasteiger partial charge < -0.3 is 9.90 Å². The molecule has 2 heteroatoms. The summed E-state index contributed by atoms with van der Waals surface area (Å²) in [5.41, 5.74) is 0. The van der Waals surface area contributed by atoms with Gasteiger partial charge in [0.25, 0.3) is 0 Å². The Morgan fingerprint density at radius 2 is 2.20 bits per heavy atom. The average Bonchev–Trinajstić information content (AvgIpc) is 1.88. The maximum atomic E-state index is 9.99. The van der Waals surface area contributed by atoms with Gasteiger partial charge in [0.2, 0.25) is 0 Å². The average molecular weight is 144 g/mol. The third kappa shape index (κ3) is 4.50. The fourth-order valence-electron chi connectivity index (χ4n) is 1.08. The summed E-state index contributed by atoms with van der Waals surface area (Å²) in [6.45, 7) is 4.15. The third-order valence-electron chi connectivity index (χ3n) is 1.58. The summed E-state index contributed by atoms with van der Waals surface area (Å²) >= 11 is 0. The van der Waals surface area contributed by atoms with E-state index in [0.717, 1.165) is 12.8 Å². The summed E-state index contributed by atoms with van der Waals surface area (Å²) in [5, 5.41) is 8.89. The van der Waals surface area contributed by atoms with E-state index in [-0.39, 0.29) is 0 Å². The molecular weight excluding hydrogens is 128 g/mol. The number of carbonyl (C=O) groups excluding carboxylic acids is 1. The second kappa shape index (κ2) is 5.42. The zero-order valence-electron chi connectivity index (χ0n) is 6.71. The molecule has 0 heterocycles. The molecule has 2 unspecified atom stereocenters. The van der Waals surface area contributed by atoms with Crippen molar-refractivity contribution in [2.24, 2.45) is 5.92 Å². The van der Waals surface area contributed by atoms with E-state index in [1.54, 1.807) is 0 Å². The highest BCUT2D eigenvalue weighted by atomic mass is 16.3. The van der Waals surface area contributed by atoms with Crippen molar-refractivity contribution >= 4 is 6.29 Å². The van der Waals surface area contributed by atoms with Crippen LogP contribution in [0.2, 0.25) is 0 Å². The van der Waals surface area contributed by atoms with E-state index < -0.39 is 6.10 Å². The van der Waals surface area contributed by atoms with E-state index in [2.05, 4.69) is 13.8 Å². The molecule has 2 nitrogen and oxygen atoms in total. The standard InChI is InChI=1S/C8H16O2/c1-3-4-7(2)5-8(10)6-9/h6-8,10H,3-5H2,1-2H3. The van der Waals surface area contributed by atoms with Gasteiger partial charge in [0.15, 0.2) is 0 Å². The molecule has 0 aromatic carbocycles. The maximum Gasteiger partial charge on any atom is 0.148 e. The van der Waals surface area contributed by atoms with E-state index in [9.17, 15) is 4.79 Å². The van der Waals surface area contributed by atoms with Crippen molar-refractivity contribution in [3.63, 3.8) is 0 Å². The van der Waals surface area contributed by atoms with Crippen LogP contribution in [0.1, 0.15) is 33.1 Å². The molecule has 10 heavy (non-hydrogen) atoms. The van der Waals surface area contributed by atoms with Crippen molar-refractivity contribution in [2.75, 3.05) is 0 Å². The maximum absolute atomic E-state index is 9.99. The molecule has 0 bridgehead atoms. The van der Waals surface area contributed by atoms with Crippen LogP contribution in [-0.4, -0.2) is 17.5 Å². The summed E-state index contributed by atoms with van der Waals surface area (Å²) in [4.78, 5) is 9.99. The predicted octanol–water partition coefficient (Wildman–Crippen LogP) is 1.37. The van der Waals surface area contributed by atoms with E-state index in [1.807, 2.05) is 0 Å². The van der Waals surface area contributed by atoms with Crippen molar-refractivity contribution in [1.29, 1.82) is 0 Å². The lowest BCUT2D eigenvalue weighted by Crippen LogP contribution is -2.12. The van der Waals surface area contributed by atoms with Crippen molar-refractivity contribution in [3.8, 4) is 0 Å². The summed E-state index contributed by atoms with van der Waals surface area (Å²) < 4.78 is 0. The molecule has 0 rings (SSSR count). The minimum Gasteiger partial charge on any atom is -0.386 e. The van der Waals surface area contributed by atoms with Crippen molar-refractivity contribution in [3.05, 3.63) is 0 Å². The second-order valence-corrected chi connectivity index (χ2v) is 2.83. The van der Waals surface area contributed by atoms with Gasteiger partial charge in [-0.2, -0.15) is 0 Å². The Bertz CT molecular complexity index is 91.3. The predicted molar refractivity (Wildman–Crippen MR) is 40.8 cm³/mol. The Kier molecular flexibility index (Phi) is 5.22. The molecular formula is C8H16O2. The van der Waals surface area contributed by atoms with Gasteiger partial charge in [-0.1, -0.05) is 26.7 Å². The molecule has 0 saturated carbocycles. The molecule has 0 aromatic heterocycles. The van der Waals surface area contributed by atoms with Crippen LogP contribution in [0.4, 0.5) is 0 Å². The summed E-state index contributed by atoms with van der Waals surface area (Å²) in [7, 11) is 0. The first-order valence-electron chi connectivity index (χ1n) is 3.84. The molecule has 0 aliphatic rings. The highest BCUT2D eigenvalue weighted by Crippen LogP contribution is 2.10. The molecule has 0 radical (unpaired) electrons. The number of rotatable bonds is 5. The first-order chi connectivity index (χ1) is 4.70. The second-order valence-electron chi connectivity index (χ2n) is 2.83. The van der Waals surface area contributed by atoms with Crippen molar-refractivity contribution in [1.82, 2.24) is 0 Å². The van der Waals surface area contributed by atoms with Gasteiger partial charge in [0, 0.05) is 0 Å². The Morgan fingerprint density at radius 1 is 1.60 bits per heavy atom. The molecule has 1 N–H and O–H groups in total. The van der Waals surface area contributed by atoms with Crippen LogP contribution in [0.3, 0.4) is 0 Å². The van der Waals surface area contributed by atoms with Crippen LogP contribution in [-0.2, 0) is 4.79 Å². The molecule has 60 valence electrons. The number of aliphatic hydroxyl groups is 1. The third-order valence-corrected chi connectivity index (χ3v) is 1.58. The molecule has 0 spiro atoms. The smallest absolute Gasteiger partial charge is 0.148 e. The van der Waals surface area contributed by atoms with Gasteiger partial charge >= 0.3 is 0 Å². The van der Waals surface area contributed by atoms with E-state index in [0.29, 0.717) is 18.6 Å². The lowest BCUT2D eigenvalue weighted by atomic mass is 9.99. The van der Waals surface area contributed by atoms with Gasteiger partial charge in [-0.3, -0.25) is 0 Å². The molecule has 0 amide bonds. The summed E-state index contributed by atoms with van der Waals surface area (Å²) in [6.07, 6.45) is 2.67. The van der Waals surface area contributed by atoms with Gasteiger partial charge in [0.05, 0.1) is 0 Å². The minimum atomic E-state index is -0.749. The van der Waals surface area contributed by atoms with Crippen molar-refractivity contribution in [2.45, 2.75) is 39.2 Å². The summed E-state index contributed by atoms with van der Waals surface area (Å²) in [5.74, 6) is 0.463. The normalized spacial score (nSPS) is 16.3. The largest absolute Gasteiger partial charge is 0.386 e. The van der Waals surface area contributed by atoms with Crippen molar-refractivity contribution < 1.29 is 9.90 Å². The van der Waals surface area contributed by atoms with E-state index in [1.165, 1.54) is 0 Å². The Balaban J connectivity index is 3.36. The first-order valence-corrected chi connectivity index (χ1v) is 3.84. The number of carbonyl (C=O) groups is 1. The highest BCUT2D eigenvalue weighted by molar-refractivity contribution is 5.55. The van der Waals surface area contributed by atoms with E-state index in [4.69, 9.17) is 5.11 Å². The van der Waals surface area contributed by atoms with Crippen LogP contribution < -0.4 is 0 Å². The van der Waals surface area contributed by atoms with Gasteiger partial charge in [0.1, 0.15) is 12.4 Å². The van der Waals surface area contributed by atoms with E-state index >= 15 is 0 Å². The monoisotopic (exact) mass is 144 g/mol. The number of aldehydes is 1. The lowest BCUT2D eigenvalue weighted by molar-refractivity contribution is -0.115. The molecule has 0 saturated heterocycles. The lowest BCUT2D eigenvalue weighted by Gasteiger charge is -2.09. The van der Waals surface area contributed by atoms with Gasteiger partial charge in [-0.05, 0) is 12.3 Å². The summed E-state index contributed by atoms with van der Waals surface area (Å²) in [6, 6.07) is 0. The Hall–Kier alpha value is -0.370. The first kappa shape index (κ1) is 9.63.